The fourth-order valence-corrected chi connectivity index (χ4v) is 2.93. The van der Waals surface area contributed by atoms with Crippen LogP contribution in [0.25, 0.3) is 10.9 Å². The van der Waals surface area contributed by atoms with Crippen LogP contribution in [0.15, 0.2) is 24.4 Å². The van der Waals surface area contributed by atoms with Crippen LogP contribution in [0.3, 0.4) is 0 Å². The molecule has 0 atom stereocenters. The SMILES string of the molecule is c1cc2cn[nH]c2cc1CN1CC2(COC2)C1. The van der Waals surface area contributed by atoms with E-state index in [0.29, 0.717) is 5.41 Å². The number of ether oxygens (including phenoxy) is 1. The van der Waals surface area contributed by atoms with E-state index in [9.17, 15) is 0 Å². The lowest BCUT2D eigenvalue weighted by Crippen LogP contribution is -2.65. The van der Waals surface area contributed by atoms with E-state index in [1.165, 1.54) is 24.0 Å². The van der Waals surface area contributed by atoms with Crippen LogP contribution < -0.4 is 0 Å². The lowest BCUT2D eigenvalue weighted by molar-refractivity contribution is -0.191. The number of hydrogen-bond acceptors (Lipinski definition) is 3. The molecule has 2 aliphatic heterocycles. The van der Waals surface area contributed by atoms with Crippen LogP contribution in [0.2, 0.25) is 0 Å². The van der Waals surface area contributed by atoms with Gasteiger partial charge in [-0.3, -0.25) is 10.00 Å². The second-order valence-electron chi connectivity index (χ2n) is 5.43. The lowest BCUT2D eigenvalue weighted by Gasteiger charge is -2.55. The van der Waals surface area contributed by atoms with Crippen molar-refractivity contribution in [2.45, 2.75) is 6.54 Å². The van der Waals surface area contributed by atoms with Gasteiger partial charge in [-0.05, 0) is 11.6 Å². The molecular weight excluding hydrogens is 214 g/mol. The zero-order valence-electron chi connectivity index (χ0n) is 9.65. The molecule has 2 saturated heterocycles. The van der Waals surface area contributed by atoms with E-state index >= 15 is 0 Å². The van der Waals surface area contributed by atoms with Crippen molar-refractivity contribution < 1.29 is 4.74 Å². The fraction of sp³-hybridized carbons (Fsp3) is 0.462. The maximum atomic E-state index is 5.29. The quantitative estimate of drug-likeness (QED) is 0.846. The molecule has 0 amide bonds. The van der Waals surface area contributed by atoms with Crippen LogP contribution in [-0.4, -0.2) is 41.4 Å². The summed E-state index contributed by atoms with van der Waals surface area (Å²) in [6.07, 6.45) is 1.86. The van der Waals surface area contributed by atoms with Gasteiger partial charge in [0.1, 0.15) is 0 Å². The molecule has 4 nitrogen and oxygen atoms in total. The summed E-state index contributed by atoms with van der Waals surface area (Å²) in [5.41, 5.74) is 3.00. The van der Waals surface area contributed by atoms with E-state index in [4.69, 9.17) is 4.74 Å². The Hall–Kier alpha value is -1.39. The highest BCUT2D eigenvalue weighted by Gasteiger charge is 2.48. The Morgan fingerprint density at radius 1 is 1.35 bits per heavy atom. The maximum Gasteiger partial charge on any atom is 0.0653 e. The van der Waals surface area contributed by atoms with Crippen LogP contribution in [0.1, 0.15) is 5.56 Å². The van der Waals surface area contributed by atoms with Crippen molar-refractivity contribution in [2.75, 3.05) is 26.3 Å². The van der Waals surface area contributed by atoms with Gasteiger partial charge in [0.2, 0.25) is 0 Å². The van der Waals surface area contributed by atoms with Gasteiger partial charge in [-0.25, -0.2) is 0 Å². The summed E-state index contributed by atoms with van der Waals surface area (Å²) < 4.78 is 5.29. The number of rotatable bonds is 2. The molecule has 1 aromatic heterocycles. The van der Waals surface area contributed by atoms with Crippen molar-refractivity contribution in [2.24, 2.45) is 5.41 Å². The number of likely N-dealkylation sites (tertiary alicyclic amines) is 1. The third-order valence-electron chi connectivity index (χ3n) is 3.85. The summed E-state index contributed by atoms with van der Waals surface area (Å²) in [4.78, 5) is 2.49. The van der Waals surface area contributed by atoms with Gasteiger partial charge in [0, 0.05) is 30.4 Å². The largest absolute Gasteiger partial charge is 0.380 e. The van der Waals surface area contributed by atoms with Crippen molar-refractivity contribution in [3.8, 4) is 0 Å². The van der Waals surface area contributed by atoms with Gasteiger partial charge in [-0.15, -0.1) is 0 Å². The zero-order chi connectivity index (χ0) is 11.3. The Labute approximate surface area is 99.6 Å². The molecule has 17 heavy (non-hydrogen) atoms. The first kappa shape index (κ1) is 9.62. The third-order valence-corrected chi connectivity index (χ3v) is 3.85. The molecule has 2 fully saturated rings. The van der Waals surface area contributed by atoms with Crippen molar-refractivity contribution in [3.63, 3.8) is 0 Å². The highest BCUT2D eigenvalue weighted by Crippen LogP contribution is 2.38. The molecule has 3 heterocycles. The average molecular weight is 229 g/mol. The first-order valence-corrected chi connectivity index (χ1v) is 6.05. The molecule has 0 bridgehead atoms. The predicted molar refractivity (Wildman–Crippen MR) is 64.6 cm³/mol. The Kier molecular flexibility index (Phi) is 1.87. The third kappa shape index (κ3) is 1.48. The number of benzene rings is 1. The van der Waals surface area contributed by atoms with Crippen LogP contribution >= 0.6 is 0 Å². The first-order valence-electron chi connectivity index (χ1n) is 6.05. The summed E-state index contributed by atoms with van der Waals surface area (Å²) in [7, 11) is 0. The Bertz CT molecular complexity index is 551. The minimum absolute atomic E-state index is 0.512. The van der Waals surface area contributed by atoms with Crippen molar-refractivity contribution in [1.82, 2.24) is 15.1 Å². The van der Waals surface area contributed by atoms with E-state index in [1.807, 2.05) is 6.20 Å². The summed E-state index contributed by atoms with van der Waals surface area (Å²) in [5, 5.41) is 8.25. The van der Waals surface area contributed by atoms with Gasteiger partial charge < -0.3 is 4.74 Å². The molecule has 0 unspecified atom stereocenters. The summed E-state index contributed by atoms with van der Waals surface area (Å²) >= 11 is 0. The van der Waals surface area contributed by atoms with Gasteiger partial charge in [-0.2, -0.15) is 5.10 Å². The lowest BCUT2D eigenvalue weighted by atomic mass is 9.78. The van der Waals surface area contributed by atoms with Crippen molar-refractivity contribution >= 4 is 10.9 Å². The standard InChI is InChI=1S/C13H15N3O/c1-2-11-4-14-15-12(11)3-10(1)5-16-6-13(7-16)8-17-9-13/h1-4H,5-9H2,(H,14,15). The molecule has 0 radical (unpaired) electrons. The molecular formula is C13H15N3O. The maximum absolute atomic E-state index is 5.29. The highest BCUT2D eigenvalue weighted by molar-refractivity contribution is 5.78. The normalized spacial score (nSPS) is 22.6. The second-order valence-corrected chi connectivity index (χ2v) is 5.43. The molecule has 2 aromatic rings. The van der Waals surface area contributed by atoms with Gasteiger partial charge in [0.25, 0.3) is 0 Å². The molecule has 0 aliphatic carbocycles. The predicted octanol–water partition coefficient (Wildman–Crippen LogP) is 1.40. The topological polar surface area (TPSA) is 41.2 Å². The molecule has 1 aromatic carbocycles. The van der Waals surface area contributed by atoms with E-state index < -0.39 is 0 Å². The number of nitrogens with one attached hydrogen (secondary N) is 1. The summed E-state index contributed by atoms with van der Waals surface area (Å²) in [5.74, 6) is 0. The molecule has 2 aliphatic rings. The van der Waals surface area contributed by atoms with E-state index in [2.05, 4.69) is 33.3 Å². The van der Waals surface area contributed by atoms with E-state index in [0.717, 1.165) is 25.3 Å². The molecule has 0 saturated carbocycles. The zero-order valence-corrected chi connectivity index (χ0v) is 9.65. The number of nitrogens with zero attached hydrogens (tertiary/aromatic N) is 2. The van der Waals surface area contributed by atoms with Gasteiger partial charge in [-0.1, -0.05) is 12.1 Å². The van der Waals surface area contributed by atoms with E-state index in [1.54, 1.807) is 0 Å². The summed E-state index contributed by atoms with van der Waals surface area (Å²) in [6.45, 7) is 5.34. The molecule has 4 heteroatoms. The van der Waals surface area contributed by atoms with Crippen molar-refractivity contribution in [1.29, 1.82) is 0 Å². The number of hydrogen-bond donors (Lipinski definition) is 1. The summed E-state index contributed by atoms with van der Waals surface area (Å²) in [6, 6.07) is 6.53. The highest BCUT2D eigenvalue weighted by atomic mass is 16.5. The molecule has 1 spiro atoms. The number of fused-ring (bicyclic) bond motifs is 1. The van der Waals surface area contributed by atoms with Crippen LogP contribution in [-0.2, 0) is 11.3 Å². The Balaban J connectivity index is 1.48. The van der Waals surface area contributed by atoms with Crippen LogP contribution in [0.4, 0.5) is 0 Å². The van der Waals surface area contributed by atoms with Crippen molar-refractivity contribution in [3.05, 3.63) is 30.0 Å². The molecule has 88 valence electrons. The van der Waals surface area contributed by atoms with Gasteiger partial charge in [0.15, 0.2) is 0 Å². The van der Waals surface area contributed by atoms with Gasteiger partial charge >= 0.3 is 0 Å². The number of H-pyrrole nitrogens is 1. The Morgan fingerprint density at radius 3 is 3.00 bits per heavy atom. The molecule has 4 rings (SSSR count). The van der Waals surface area contributed by atoms with Gasteiger partial charge in [0.05, 0.1) is 24.9 Å². The van der Waals surface area contributed by atoms with E-state index in [-0.39, 0.29) is 0 Å². The fourth-order valence-electron chi connectivity index (χ4n) is 2.93. The molecule has 1 N–H and O–H groups in total. The van der Waals surface area contributed by atoms with Crippen LogP contribution in [0.5, 0.6) is 0 Å². The minimum atomic E-state index is 0.512. The first-order chi connectivity index (χ1) is 8.33. The minimum Gasteiger partial charge on any atom is -0.380 e. The number of aromatic amines is 1. The van der Waals surface area contributed by atoms with Crippen LogP contribution in [0, 0.1) is 5.41 Å². The monoisotopic (exact) mass is 229 g/mol. The Morgan fingerprint density at radius 2 is 2.24 bits per heavy atom. The average Bonchev–Trinajstić information content (AvgIpc) is 2.67. The number of aromatic nitrogens is 2. The smallest absolute Gasteiger partial charge is 0.0653 e. The second kappa shape index (κ2) is 3.31.